The number of amides is 1. The van der Waals surface area contributed by atoms with E-state index in [1.807, 2.05) is 29.2 Å². The van der Waals surface area contributed by atoms with Crippen LogP contribution in [0.4, 0.5) is 5.69 Å². The van der Waals surface area contributed by atoms with Gasteiger partial charge in [-0.2, -0.15) is 0 Å². The number of aryl methyl sites for hydroxylation is 2. The first-order valence-electron chi connectivity index (χ1n) is 11.0. The number of ether oxygens (including phenoxy) is 2. The van der Waals surface area contributed by atoms with E-state index in [0.717, 1.165) is 36.0 Å². The Bertz CT molecular complexity index is 1080. The van der Waals surface area contributed by atoms with E-state index in [-0.39, 0.29) is 5.91 Å². The van der Waals surface area contributed by atoms with Gasteiger partial charge in [-0.05, 0) is 37.1 Å². The minimum absolute atomic E-state index is 0.0544. The van der Waals surface area contributed by atoms with Crippen LogP contribution < -0.4 is 14.4 Å². The predicted molar refractivity (Wildman–Crippen MR) is 132 cm³/mol. The molecule has 1 aliphatic heterocycles. The number of anilines is 1. The molecule has 33 heavy (non-hydrogen) atoms. The maximum absolute atomic E-state index is 13.0. The number of hydrogen-bond donors (Lipinski definition) is 0. The summed E-state index contributed by atoms with van der Waals surface area (Å²) in [6.45, 7) is 6.97. The number of furan rings is 1. The molecule has 1 aliphatic rings. The third kappa shape index (κ3) is 5.30. The number of hydrogen-bond acceptors (Lipinski definition) is 6. The Balaban J connectivity index is 1.35. The number of carbonyl (C=O) groups is 1. The van der Waals surface area contributed by atoms with Crippen LogP contribution in [0.1, 0.15) is 27.4 Å². The third-order valence-electron chi connectivity index (χ3n) is 5.91. The smallest absolute Gasteiger partial charge is 0.289 e. The van der Waals surface area contributed by atoms with E-state index in [2.05, 4.69) is 36.9 Å². The first-order chi connectivity index (χ1) is 16.0. The molecule has 2 heterocycles. The highest BCUT2D eigenvalue weighted by Crippen LogP contribution is 2.31. The molecule has 1 fully saturated rings. The van der Waals surface area contributed by atoms with Crippen molar-refractivity contribution in [1.82, 2.24) is 4.90 Å². The standard InChI is InChI=1S/C26H30N2O4S/c1-18-6-5-7-19(2)25(18)33-17-21-8-9-24(32-21)26(29)28-12-10-27(11-13-28)20-14-22(30-3)16-23(15-20)31-4/h5-9,14-16H,10-13,17H2,1-4H3. The molecule has 0 aliphatic carbocycles. The number of thioether (sulfide) groups is 1. The minimum Gasteiger partial charge on any atom is -0.497 e. The maximum Gasteiger partial charge on any atom is 0.289 e. The molecule has 0 spiro atoms. The van der Waals surface area contributed by atoms with Gasteiger partial charge < -0.3 is 23.7 Å². The number of carbonyl (C=O) groups excluding carboxylic acids is 1. The van der Waals surface area contributed by atoms with Gasteiger partial charge in [-0.1, -0.05) is 18.2 Å². The van der Waals surface area contributed by atoms with E-state index >= 15 is 0 Å². The zero-order valence-corrected chi connectivity index (χ0v) is 20.4. The zero-order valence-electron chi connectivity index (χ0n) is 19.6. The van der Waals surface area contributed by atoms with Crippen molar-refractivity contribution in [3.8, 4) is 11.5 Å². The lowest BCUT2D eigenvalue weighted by molar-refractivity contribution is 0.0713. The molecular weight excluding hydrogens is 436 g/mol. The molecule has 174 valence electrons. The summed E-state index contributed by atoms with van der Waals surface area (Å²) in [6.07, 6.45) is 0. The summed E-state index contributed by atoms with van der Waals surface area (Å²) in [4.78, 5) is 18.4. The van der Waals surface area contributed by atoms with Gasteiger partial charge in [0.15, 0.2) is 5.76 Å². The first-order valence-corrected chi connectivity index (χ1v) is 12.0. The van der Waals surface area contributed by atoms with E-state index in [1.165, 1.54) is 16.0 Å². The van der Waals surface area contributed by atoms with Crippen molar-refractivity contribution < 1.29 is 18.7 Å². The van der Waals surface area contributed by atoms with Gasteiger partial charge in [0, 0.05) is 55.0 Å². The molecular formula is C26H30N2O4S. The molecule has 1 amide bonds. The maximum atomic E-state index is 13.0. The van der Waals surface area contributed by atoms with Crippen LogP contribution in [0.3, 0.4) is 0 Å². The quantitative estimate of drug-likeness (QED) is 0.448. The van der Waals surface area contributed by atoms with Gasteiger partial charge in [-0.3, -0.25) is 4.79 Å². The van der Waals surface area contributed by atoms with Gasteiger partial charge in [0.2, 0.25) is 0 Å². The minimum atomic E-state index is -0.0544. The van der Waals surface area contributed by atoms with Gasteiger partial charge in [-0.25, -0.2) is 0 Å². The van der Waals surface area contributed by atoms with Crippen molar-refractivity contribution in [3.63, 3.8) is 0 Å². The molecule has 0 N–H and O–H groups in total. The Kier molecular flexibility index (Phi) is 7.18. The Morgan fingerprint density at radius 2 is 1.58 bits per heavy atom. The molecule has 0 unspecified atom stereocenters. The second kappa shape index (κ2) is 10.3. The third-order valence-corrected chi connectivity index (χ3v) is 7.27. The van der Waals surface area contributed by atoms with Gasteiger partial charge in [0.25, 0.3) is 5.91 Å². The lowest BCUT2D eigenvalue weighted by Crippen LogP contribution is -2.48. The molecule has 0 radical (unpaired) electrons. The van der Waals surface area contributed by atoms with Gasteiger partial charge in [0.1, 0.15) is 17.3 Å². The molecule has 1 aromatic heterocycles. The molecule has 1 saturated heterocycles. The van der Waals surface area contributed by atoms with Crippen molar-refractivity contribution in [3.05, 3.63) is 71.2 Å². The summed E-state index contributed by atoms with van der Waals surface area (Å²) >= 11 is 1.75. The van der Waals surface area contributed by atoms with Crippen LogP contribution in [0.2, 0.25) is 0 Å². The molecule has 0 atom stereocenters. The van der Waals surface area contributed by atoms with Crippen molar-refractivity contribution in [2.75, 3.05) is 45.3 Å². The topological polar surface area (TPSA) is 55.2 Å². The summed E-state index contributed by atoms with van der Waals surface area (Å²) in [6, 6.07) is 15.9. The molecule has 2 aromatic carbocycles. The highest BCUT2D eigenvalue weighted by Gasteiger charge is 2.25. The van der Waals surface area contributed by atoms with Gasteiger partial charge in [0.05, 0.1) is 20.0 Å². The molecule has 6 nitrogen and oxygen atoms in total. The van der Waals surface area contributed by atoms with Gasteiger partial charge >= 0.3 is 0 Å². The summed E-state index contributed by atoms with van der Waals surface area (Å²) in [5, 5.41) is 0. The monoisotopic (exact) mass is 466 g/mol. The Morgan fingerprint density at radius 3 is 2.18 bits per heavy atom. The number of methoxy groups -OCH3 is 2. The summed E-state index contributed by atoms with van der Waals surface area (Å²) in [7, 11) is 3.29. The average Bonchev–Trinajstić information content (AvgIpc) is 3.32. The van der Waals surface area contributed by atoms with Crippen LogP contribution in [-0.4, -0.2) is 51.2 Å². The fourth-order valence-corrected chi connectivity index (χ4v) is 5.07. The van der Waals surface area contributed by atoms with Crippen molar-refractivity contribution in [2.24, 2.45) is 0 Å². The predicted octanol–water partition coefficient (Wildman–Crippen LogP) is 5.17. The molecule has 0 saturated carbocycles. The summed E-state index contributed by atoms with van der Waals surface area (Å²) in [5.74, 6) is 3.37. The lowest BCUT2D eigenvalue weighted by atomic mass is 10.2. The Morgan fingerprint density at radius 1 is 0.939 bits per heavy atom. The van der Waals surface area contributed by atoms with Crippen LogP contribution in [0.5, 0.6) is 11.5 Å². The molecule has 7 heteroatoms. The van der Waals surface area contributed by atoms with Crippen molar-refractivity contribution >= 4 is 23.4 Å². The van der Waals surface area contributed by atoms with Crippen molar-refractivity contribution in [2.45, 2.75) is 24.5 Å². The van der Waals surface area contributed by atoms with E-state index in [4.69, 9.17) is 13.9 Å². The second-order valence-electron chi connectivity index (χ2n) is 8.13. The van der Waals surface area contributed by atoms with Crippen LogP contribution in [-0.2, 0) is 5.75 Å². The largest absolute Gasteiger partial charge is 0.497 e. The fraction of sp³-hybridized carbons (Fsp3) is 0.346. The van der Waals surface area contributed by atoms with Crippen LogP contribution >= 0.6 is 11.8 Å². The SMILES string of the molecule is COc1cc(OC)cc(N2CCN(C(=O)c3ccc(CSc4c(C)cccc4C)o3)CC2)c1. The van der Waals surface area contributed by atoms with Gasteiger partial charge in [-0.15, -0.1) is 11.8 Å². The number of piperazine rings is 1. The van der Waals surface area contributed by atoms with E-state index in [0.29, 0.717) is 24.6 Å². The van der Waals surface area contributed by atoms with E-state index < -0.39 is 0 Å². The fourth-order valence-electron chi connectivity index (χ4n) is 4.04. The lowest BCUT2D eigenvalue weighted by Gasteiger charge is -2.36. The molecule has 3 aromatic rings. The highest BCUT2D eigenvalue weighted by atomic mass is 32.2. The normalized spacial score (nSPS) is 13.8. The van der Waals surface area contributed by atoms with E-state index in [9.17, 15) is 4.79 Å². The number of rotatable bonds is 7. The zero-order chi connectivity index (χ0) is 23.4. The molecule has 4 rings (SSSR count). The molecule has 0 bridgehead atoms. The van der Waals surface area contributed by atoms with Crippen LogP contribution in [0, 0.1) is 13.8 Å². The summed E-state index contributed by atoms with van der Waals surface area (Å²) < 4.78 is 16.7. The Labute approximate surface area is 199 Å². The highest BCUT2D eigenvalue weighted by molar-refractivity contribution is 7.98. The van der Waals surface area contributed by atoms with Crippen LogP contribution in [0.15, 0.2) is 57.8 Å². The number of benzene rings is 2. The van der Waals surface area contributed by atoms with Crippen LogP contribution in [0.25, 0.3) is 0 Å². The number of nitrogens with zero attached hydrogens (tertiary/aromatic N) is 2. The van der Waals surface area contributed by atoms with E-state index in [1.54, 1.807) is 32.0 Å². The van der Waals surface area contributed by atoms with Crippen molar-refractivity contribution in [1.29, 1.82) is 0 Å². The summed E-state index contributed by atoms with van der Waals surface area (Å²) in [5.41, 5.74) is 3.55. The average molecular weight is 467 g/mol. The first kappa shape index (κ1) is 23.1. The Hall–Kier alpha value is -3.06. The second-order valence-corrected chi connectivity index (χ2v) is 9.11.